The number of amides is 1. The monoisotopic (exact) mass is 260 g/mol. The molecule has 1 aromatic heterocycles. The van der Waals surface area contributed by atoms with Crippen LogP contribution in [-0.2, 0) is 0 Å². The van der Waals surface area contributed by atoms with Gasteiger partial charge in [0.25, 0.3) is 0 Å². The summed E-state index contributed by atoms with van der Waals surface area (Å²) >= 11 is 0. The zero-order valence-electron chi connectivity index (χ0n) is 10.5. The summed E-state index contributed by atoms with van der Waals surface area (Å²) in [4.78, 5) is 15.5. The molecule has 100 valence electrons. The number of para-hydroxylation sites is 1. The summed E-state index contributed by atoms with van der Waals surface area (Å²) in [6.07, 6.45) is 2.62. The number of piperidine rings is 1. The van der Waals surface area contributed by atoms with Crippen LogP contribution in [0.15, 0.2) is 30.5 Å². The summed E-state index contributed by atoms with van der Waals surface area (Å²) in [7, 11) is 0. The van der Waals surface area contributed by atoms with Crippen molar-refractivity contribution in [1.82, 2.24) is 9.88 Å². The van der Waals surface area contributed by atoms with Gasteiger partial charge in [0.05, 0.1) is 5.52 Å². The van der Waals surface area contributed by atoms with Crippen molar-refractivity contribution in [2.75, 3.05) is 13.1 Å². The van der Waals surface area contributed by atoms with Crippen molar-refractivity contribution in [3.63, 3.8) is 0 Å². The Morgan fingerprint density at radius 1 is 1.32 bits per heavy atom. The van der Waals surface area contributed by atoms with Gasteiger partial charge in [0.1, 0.15) is 11.9 Å². The van der Waals surface area contributed by atoms with Crippen LogP contribution in [-0.4, -0.2) is 40.3 Å². The first kappa shape index (κ1) is 11.9. The predicted molar refractivity (Wildman–Crippen MR) is 71.5 cm³/mol. The van der Waals surface area contributed by atoms with Crippen LogP contribution >= 0.6 is 0 Å². The van der Waals surface area contributed by atoms with Gasteiger partial charge in [-0.3, -0.25) is 0 Å². The number of aromatic amines is 1. The van der Waals surface area contributed by atoms with E-state index in [-0.39, 0.29) is 6.10 Å². The van der Waals surface area contributed by atoms with Gasteiger partial charge in [-0.25, -0.2) is 4.79 Å². The van der Waals surface area contributed by atoms with Gasteiger partial charge >= 0.3 is 6.09 Å². The fourth-order valence-electron chi connectivity index (χ4n) is 2.50. The van der Waals surface area contributed by atoms with Crippen LogP contribution in [0.5, 0.6) is 5.75 Å². The van der Waals surface area contributed by atoms with Crippen molar-refractivity contribution in [1.29, 1.82) is 0 Å². The number of nitrogens with one attached hydrogen (secondary N) is 1. The number of carbonyl (C=O) groups is 1. The van der Waals surface area contributed by atoms with Crippen LogP contribution in [0.25, 0.3) is 10.9 Å². The van der Waals surface area contributed by atoms with Gasteiger partial charge in [0.2, 0.25) is 0 Å². The van der Waals surface area contributed by atoms with E-state index in [2.05, 4.69) is 4.98 Å². The molecule has 2 aromatic rings. The third kappa shape index (κ3) is 2.36. The number of nitrogens with zero attached hydrogens (tertiary/aromatic N) is 1. The van der Waals surface area contributed by atoms with Crippen LogP contribution in [0.1, 0.15) is 12.8 Å². The highest BCUT2D eigenvalue weighted by Gasteiger charge is 2.23. The number of likely N-dealkylation sites (tertiary alicyclic amines) is 1. The van der Waals surface area contributed by atoms with Crippen LogP contribution < -0.4 is 4.74 Å². The van der Waals surface area contributed by atoms with Gasteiger partial charge in [-0.15, -0.1) is 0 Å². The molecule has 1 amide bonds. The molecule has 5 nitrogen and oxygen atoms in total. The number of H-pyrrole nitrogens is 1. The maximum Gasteiger partial charge on any atom is 0.407 e. The highest BCUT2D eigenvalue weighted by atomic mass is 16.5. The first-order valence-electron chi connectivity index (χ1n) is 6.44. The zero-order chi connectivity index (χ0) is 13.2. The SMILES string of the molecule is O=C(O)N1CCC(Oc2cccc3cc[nH]c23)CC1. The van der Waals surface area contributed by atoms with E-state index in [0.29, 0.717) is 13.1 Å². The molecule has 1 fully saturated rings. The summed E-state index contributed by atoms with van der Waals surface area (Å²) in [5, 5.41) is 10.0. The Labute approximate surface area is 110 Å². The molecule has 0 unspecified atom stereocenters. The number of carboxylic acid groups (broad SMARTS) is 1. The lowest BCUT2D eigenvalue weighted by molar-refractivity contribution is 0.0901. The minimum Gasteiger partial charge on any atom is -0.488 e. The number of ether oxygens (including phenoxy) is 1. The zero-order valence-corrected chi connectivity index (χ0v) is 10.5. The molecule has 1 aromatic carbocycles. The first-order valence-corrected chi connectivity index (χ1v) is 6.44. The summed E-state index contributed by atoms with van der Waals surface area (Å²) in [5.74, 6) is 0.844. The van der Waals surface area contributed by atoms with Crippen LogP contribution in [0.3, 0.4) is 0 Å². The molecule has 0 atom stereocenters. The third-order valence-electron chi connectivity index (χ3n) is 3.56. The maximum atomic E-state index is 10.8. The molecule has 3 rings (SSSR count). The van der Waals surface area contributed by atoms with Crippen molar-refractivity contribution in [3.8, 4) is 5.75 Å². The molecule has 19 heavy (non-hydrogen) atoms. The van der Waals surface area contributed by atoms with Crippen molar-refractivity contribution in [2.45, 2.75) is 18.9 Å². The average Bonchev–Trinajstić information content (AvgIpc) is 2.89. The highest BCUT2D eigenvalue weighted by Crippen LogP contribution is 2.26. The largest absolute Gasteiger partial charge is 0.488 e. The fourth-order valence-corrected chi connectivity index (χ4v) is 2.50. The molecule has 0 saturated carbocycles. The van der Waals surface area contributed by atoms with Crippen molar-refractivity contribution < 1.29 is 14.6 Å². The number of aromatic nitrogens is 1. The van der Waals surface area contributed by atoms with E-state index in [1.165, 1.54) is 4.90 Å². The lowest BCUT2D eigenvalue weighted by atomic mass is 10.1. The molecule has 0 aliphatic carbocycles. The van der Waals surface area contributed by atoms with Crippen LogP contribution in [0.2, 0.25) is 0 Å². The smallest absolute Gasteiger partial charge is 0.407 e. The number of benzene rings is 1. The second-order valence-corrected chi connectivity index (χ2v) is 4.78. The fraction of sp³-hybridized carbons (Fsp3) is 0.357. The Kier molecular flexibility index (Phi) is 3.03. The second kappa shape index (κ2) is 4.84. The minimum atomic E-state index is -0.843. The predicted octanol–water partition coefficient (Wildman–Crippen LogP) is 2.69. The summed E-state index contributed by atoms with van der Waals surface area (Å²) in [6, 6.07) is 7.96. The standard InChI is InChI=1S/C14H16N2O3/c17-14(18)16-8-5-11(6-9-16)19-12-3-1-2-10-4-7-15-13(10)12/h1-4,7,11,15H,5-6,8-9H2,(H,17,18). The van der Waals surface area contributed by atoms with Crippen LogP contribution in [0.4, 0.5) is 4.79 Å². The van der Waals surface area contributed by atoms with Crippen molar-refractivity contribution in [2.24, 2.45) is 0 Å². The van der Waals surface area contributed by atoms with Crippen LogP contribution in [0, 0.1) is 0 Å². The van der Waals surface area contributed by atoms with Gasteiger partial charge in [-0.1, -0.05) is 12.1 Å². The topological polar surface area (TPSA) is 65.6 Å². The van der Waals surface area contributed by atoms with Gasteiger partial charge in [-0.05, 0) is 12.1 Å². The Bertz CT molecular complexity index is 585. The third-order valence-corrected chi connectivity index (χ3v) is 3.56. The summed E-state index contributed by atoms with van der Waals surface area (Å²) in [6.45, 7) is 1.08. The molecule has 1 aliphatic rings. The number of fused-ring (bicyclic) bond motifs is 1. The van der Waals surface area contributed by atoms with E-state index in [9.17, 15) is 4.79 Å². The average molecular weight is 260 g/mol. The summed E-state index contributed by atoms with van der Waals surface area (Å²) in [5.41, 5.74) is 1.00. The Morgan fingerprint density at radius 2 is 2.11 bits per heavy atom. The molecule has 0 radical (unpaired) electrons. The van der Waals surface area contributed by atoms with Gasteiger partial charge in [0, 0.05) is 37.5 Å². The number of hydrogen-bond donors (Lipinski definition) is 2. The van der Waals surface area contributed by atoms with E-state index < -0.39 is 6.09 Å². The van der Waals surface area contributed by atoms with Gasteiger partial charge in [0.15, 0.2) is 0 Å². The van der Waals surface area contributed by atoms with E-state index in [1.807, 2.05) is 30.5 Å². The van der Waals surface area contributed by atoms with E-state index in [0.717, 1.165) is 29.5 Å². The normalized spacial score (nSPS) is 16.7. The Hall–Kier alpha value is -2.17. The molecule has 1 aliphatic heterocycles. The summed E-state index contributed by atoms with van der Waals surface area (Å²) < 4.78 is 6.00. The molecule has 2 N–H and O–H groups in total. The Morgan fingerprint density at radius 3 is 2.84 bits per heavy atom. The molecule has 0 bridgehead atoms. The lowest BCUT2D eigenvalue weighted by Gasteiger charge is -2.30. The molecule has 2 heterocycles. The number of rotatable bonds is 2. The van der Waals surface area contributed by atoms with E-state index in [1.54, 1.807) is 0 Å². The number of hydrogen-bond acceptors (Lipinski definition) is 2. The first-order chi connectivity index (χ1) is 9.24. The molecule has 5 heteroatoms. The quantitative estimate of drug-likeness (QED) is 0.872. The molecule has 1 saturated heterocycles. The van der Waals surface area contributed by atoms with Gasteiger partial charge < -0.3 is 19.7 Å². The lowest BCUT2D eigenvalue weighted by Crippen LogP contribution is -2.41. The van der Waals surface area contributed by atoms with Crippen molar-refractivity contribution in [3.05, 3.63) is 30.5 Å². The van der Waals surface area contributed by atoms with Crippen molar-refractivity contribution >= 4 is 17.0 Å². The van der Waals surface area contributed by atoms with E-state index in [4.69, 9.17) is 9.84 Å². The second-order valence-electron chi connectivity index (χ2n) is 4.78. The highest BCUT2D eigenvalue weighted by molar-refractivity contribution is 5.85. The maximum absolute atomic E-state index is 10.8. The molecular formula is C14H16N2O3. The molecule has 0 spiro atoms. The van der Waals surface area contributed by atoms with E-state index >= 15 is 0 Å². The minimum absolute atomic E-state index is 0.0875. The molecular weight excluding hydrogens is 244 g/mol. The van der Waals surface area contributed by atoms with Gasteiger partial charge in [-0.2, -0.15) is 0 Å². The Balaban J connectivity index is 1.69.